The Balaban J connectivity index is 1.74. The van der Waals surface area contributed by atoms with Crippen molar-refractivity contribution in [2.24, 2.45) is 5.16 Å². The van der Waals surface area contributed by atoms with E-state index in [0.717, 1.165) is 24.8 Å². The average molecular weight is 308 g/mol. The first kappa shape index (κ1) is 15.3. The summed E-state index contributed by atoms with van der Waals surface area (Å²) in [7, 11) is 1.50. The highest BCUT2D eigenvalue weighted by Gasteiger charge is 2.39. The minimum absolute atomic E-state index is 0.0382. The molecule has 23 heavy (non-hydrogen) atoms. The number of carbonyl (C=O) groups is 1. The molecule has 4 nitrogen and oxygen atoms in total. The summed E-state index contributed by atoms with van der Waals surface area (Å²) >= 11 is 0. The molecule has 1 fully saturated rings. The molecule has 1 aliphatic carbocycles. The maximum atomic E-state index is 12.6. The molecule has 2 aromatic rings. The number of amides is 1. The van der Waals surface area contributed by atoms with Crippen molar-refractivity contribution in [2.75, 3.05) is 7.11 Å². The molecule has 118 valence electrons. The van der Waals surface area contributed by atoms with E-state index in [-0.39, 0.29) is 11.4 Å². The number of nitrogens with one attached hydrogen (secondary N) is 1. The second-order valence-corrected chi connectivity index (χ2v) is 5.79. The molecule has 1 aliphatic rings. The zero-order valence-corrected chi connectivity index (χ0v) is 13.2. The van der Waals surface area contributed by atoms with Gasteiger partial charge in [0.25, 0.3) is 5.91 Å². The van der Waals surface area contributed by atoms with Crippen molar-refractivity contribution in [3.05, 3.63) is 71.3 Å². The predicted octanol–water partition coefficient (Wildman–Crippen LogP) is 3.48. The molecule has 0 bridgehead atoms. The van der Waals surface area contributed by atoms with Crippen molar-refractivity contribution in [2.45, 2.75) is 24.8 Å². The second kappa shape index (κ2) is 6.65. The lowest BCUT2D eigenvalue weighted by molar-refractivity contribution is 0.0823. The van der Waals surface area contributed by atoms with Crippen LogP contribution in [-0.2, 0) is 10.4 Å². The van der Waals surface area contributed by atoms with Gasteiger partial charge in [0, 0.05) is 5.56 Å². The summed E-state index contributed by atoms with van der Waals surface area (Å²) in [6.45, 7) is 0. The van der Waals surface area contributed by atoms with Gasteiger partial charge in [0.15, 0.2) is 0 Å². The summed E-state index contributed by atoms with van der Waals surface area (Å²) < 4.78 is 0. The lowest BCUT2D eigenvalue weighted by Gasteiger charge is -2.43. The normalized spacial score (nSPS) is 15.9. The van der Waals surface area contributed by atoms with Gasteiger partial charge in [-0.05, 0) is 42.5 Å². The fourth-order valence-electron chi connectivity index (χ4n) is 2.90. The van der Waals surface area contributed by atoms with Gasteiger partial charge in [0.2, 0.25) is 0 Å². The van der Waals surface area contributed by atoms with E-state index in [1.165, 1.54) is 12.7 Å². The monoisotopic (exact) mass is 308 g/mol. The zero-order chi connectivity index (χ0) is 16.1. The van der Waals surface area contributed by atoms with Crippen molar-refractivity contribution in [1.82, 2.24) is 5.32 Å². The third kappa shape index (κ3) is 3.26. The molecule has 4 heteroatoms. The lowest BCUT2D eigenvalue weighted by Crippen LogP contribution is -2.50. The minimum Gasteiger partial charge on any atom is -0.399 e. The molecule has 1 amide bonds. The SMILES string of the molecule is CO/N=C/c1ccc(C(=O)NC2(c3ccccc3)CCC2)cc1. The number of nitrogens with zero attached hydrogens (tertiary/aromatic N) is 1. The quantitative estimate of drug-likeness (QED) is 0.679. The van der Waals surface area contributed by atoms with Gasteiger partial charge >= 0.3 is 0 Å². The van der Waals surface area contributed by atoms with Crippen molar-refractivity contribution in [3.8, 4) is 0 Å². The Kier molecular flexibility index (Phi) is 4.42. The molecule has 0 aliphatic heterocycles. The van der Waals surface area contributed by atoms with E-state index < -0.39 is 0 Å². The number of benzene rings is 2. The van der Waals surface area contributed by atoms with Crippen molar-refractivity contribution in [3.63, 3.8) is 0 Å². The molecule has 3 rings (SSSR count). The Hall–Kier alpha value is -2.62. The Morgan fingerprint density at radius 3 is 2.39 bits per heavy atom. The number of rotatable bonds is 5. The molecular weight excluding hydrogens is 288 g/mol. The van der Waals surface area contributed by atoms with Gasteiger partial charge in [-0.1, -0.05) is 47.6 Å². The molecule has 0 radical (unpaired) electrons. The van der Waals surface area contributed by atoms with Gasteiger partial charge in [-0.15, -0.1) is 0 Å². The lowest BCUT2D eigenvalue weighted by atomic mass is 9.71. The molecule has 0 atom stereocenters. The van der Waals surface area contributed by atoms with Crippen molar-refractivity contribution >= 4 is 12.1 Å². The number of hydrogen-bond donors (Lipinski definition) is 1. The third-order valence-electron chi connectivity index (χ3n) is 4.37. The molecule has 1 saturated carbocycles. The summed E-state index contributed by atoms with van der Waals surface area (Å²) in [6, 6.07) is 17.5. The molecule has 0 saturated heterocycles. The Labute approximate surface area is 136 Å². The van der Waals surface area contributed by atoms with Crippen molar-refractivity contribution in [1.29, 1.82) is 0 Å². The predicted molar refractivity (Wildman–Crippen MR) is 90.5 cm³/mol. The summed E-state index contributed by atoms with van der Waals surface area (Å²) in [4.78, 5) is 17.2. The minimum atomic E-state index is -0.214. The van der Waals surface area contributed by atoms with E-state index >= 15 is 0 Å². The van der Waals surface area contributed by atoms with Crippen LogP contribution in [0, 0.1) is 0 Å². The topological polar surface area (TPSA) is 50.7 Å². The van der Waals surface area contributed by atoms with Crippen LogP contribution >= 0.6 is 0 Å². The van der Waals surface area contributed by atoms with Crippen LogP contribution in [0.25, 0.3) is 0 Å². The fourth-order valence-corrected chi connectivity index (χ4v) is 2.90. The molecule has 0 heterocycles. The van der Waals surface area contributed by atoms with Crippen LogP contribution in [0.15, 0.2) is 59.8 Å². The number of hydrogen-bond acceptors (Lipinski definition) is 3. The first-order valence-corrected chi connectivity index (χ1v) is 7.78. The maximum Gasteiger partial charge on any atom is 0.251 e. The van der Waals surface area contributed by atoms with Gasteiger partial charge in [-0.3, -0.25) is 4.79 Å². The Bertz CT molecular complexity index is 689. The van der Waals surface area contributed by atoms with Crippen molar-refractivity contribution < 1.29 is 9.63 Å². The molecule has 2 aromatic carbocycles. The molecular formula is C19H20N2O2. The van der Waals surface area contributed by atoms with Crippen LogP contribution < -0.4 is 5.32 Å². The number of carbonyl (C=O) groups excluding carboxylic acids is 1. The fraction of sp³-hybridized carbons (Fsp3) is 0.263. The van der Waals surface area contributed by atoms with E-state index in [1.807, 2.05) is 42.5 Å². The zero-order valence-electron chi connectivity index (χ0n) is 13.2. The standard InChI is InChI=1S/C19H20N2O2/c1-23-20-14-15-8-10-16(11-9-15)18(22)21-19(12-5-13-19)17-6-3-2-4-7-17/h2-4,6-11,14H,5,12-13H2,1H3,(H,21,22)/b20-14+. The van der Waals surface area contributed by atoms with Crippen LogP contribution in [0.5, 0.6) is 0 Å². The van der Waals surface area contributed by atoms with Crippen LogP contribution in [0.4, 0.5) is 0 Å². The summed E-state index contributed by atoms with van der Waals surface area (Å²) in [5.74, 6) is -0.0382. The summed E-state index contributed by atoms with van der Waals surface area (Å²) in [6.07, 6.45) is 4.73. The van der Waals surface area contributed by atoms with E-state index in [9.17, 15) is 4.79 Å². The van der Waals surface area contributed by atoms with Gasteiger partial charge < -0.3 is 10.2 Å². The summed E-state index contributed by atoms with van der Waals surface area (Å²) in [5, 5.41) is 6.94. The maximum absolute atomic E-state index is 12.6. The molecule has 1 N–H and O–H groups in total. The molecule has 0 aromatic heterocycles. The van der Waals surface area contributed by atoms with Gasteiger partial charge in [0.1, 0.15) is 7.11 Å². The number of oxime groups is 1. The van der Waals surface area contributed by atoms with Gasteiger partial charge in [0.05, 0.1) is 11.8 Å². The average Bonchev–Trinajstić information content (AvgIpc) is 2.57. The highest BCUT2D eigenvalue weighted by molar-refractivity contribution is 5.95. The largest absolute Gasteiger partial charge is 0.399 e. The second-order valence-electron chi connectivity index (χ2n) is 5.79. The first-order valence-electron chi connectivity index (χ1n) is 7.78. The highest BCUT2D eigenvalue weighted by atomic mass is 16.6. The first-order chi connectivity index (χ1) is 11.2. The van der Waals surface area contributed by atoms with Crippen LogP contribution in [0.3, 0.4) is 0 Å². The Morgan fingerprint density at radius 2 is 1.83 bits per heavy atom. The molecule has 0 unspecified atom stereocenters. The van der Waals surface area contributed by atoms with Crippen LogP contribution in [0.2, 0.25) is 0 Å². The highest BCUT2D eigenvalue weighted by Crippen LogP contribution is 2.41. The van der Waals surface area contributed by atoms with E-state index in [0.29, 0.717) is 5.56 Å². The van der Waals surface area contributed by atoms with Gasteiger partial charge in [-0.2, -0.15) is 0 Å². The van der Waals surface area contributed by atoms with E-state index in [4.69, 9.17) is 0 Å². The Morgan fingerprint density at radius 1 is 1.13 bits per heavy atom. The summed E-state index contributed by atoms with van der Waals surface area (Å²) in [5.41, 5.74) is 2.52. The van der Waals surface area contributed by atoms with Crippen LogP contribution in [0.1, 0.15) is 40.7 Å². The van der Waals surface area contributed by atoms with E-state index in [1.54, 1.807) is 6.21 Å². The van der Waals surface area contributed by atoms with Gasteiger partial charge in [-0.25, -0.2) is 0 Å². The van der Waals surface area contributed by atoms with E-state index in [2.05, 4.69) is 27.4 Å². The smallest absolute Gasteiger partial charge is 0.251 e. The molecule has 0 spiro atoms. The third-order valence-corrected chi connectivity index (χ3v) is 4.37. The van der Waals surface area contributed by atoms with Crippen LogP contribution in [-0.4, -0.2) is 19.2 Å².